The minimum atomic E-state index is -0.702. The van der Waals surface area contributed by atoms with Crippen molar-refractivity contribution in [1.29, 1.82) is 0 Å². The quantitative estimate of drug-likeness (QED) is 0.622. The summed E-state index contributed by atoms with van der Waals surface area (Å²) in [5, 5.41) is 2.49. The van der Waals surface area contributed by atoms with Crippen LogP contribution in [0.3, 0.4) is 0 Å². The van der Waals surface area contributed by atoms with Crippen LogP contribution in [0.1, 0.15) is 16.8 Å². The summed E-state index contributed by atoms with van der Waals surface area (Å²) in [7, 11) is 0. The summed E-state index contributed by atoms with van der Waals surface area (Å²) in [6, 6.07) is 3.99. The molecule has 21 heavy (non-hydrogen) atoms. The molecule has 0 atom stereocenters. The highest BCUT2D eigenvalue weighted by molar-refractivity contribution is 6.06. The third-order valence-corrected chi connectivity index (χ3v) is 3.00. The van der Waals surface area contributed by atoms with E-state index in [1.54, 1.807) is 0 Å². The van der Waals surface area contributed by atoms with Crippen LogP contribution < -0.4 is 11.1 Å². The SMILES string of the molecule is Nc1cccc(F)c1C(=O)NCCN1C=CC(=O)CC1=O. The van der Waals surface area contributed by atoms with Crippen LogP contribution in [0.15, 0.2) is 30.5 Å². The second-order valence-electron chi connectivity index (χ2n) is 4.51. The number of nitrogens with one attached hydrogen (secondary N) is 1. The molecule has 1 heterocycles. The number of nitrogens with zero attached hydrogens (tertiary/aromatic N) is 1. The smallest absolute Gasteiger partial charge is 0.256 e. The van der Waals surface area contributed by atoms with Gasteiger partial charge in [0.15, 0.2) is 5.78 Å². The van der Waals surface area contributed by atoms with Crippen LogP contribution >= 0.6 is 0 Å². The van der Waals surface area contributed by atoms with Crippen molar-refractivity contribution in [2.45, 2.75) is 6.42 Å². The van der Waals surface area contributed by atoms with Gasteiger partial charge in [-0.05, 0) is 18.2 Å². The van der Waals surface area contributed by atoms with Crippen molar-refractivity contribution in [3.8, 4) is 0 Å². The largest absolute Gasteiger partial charge is 0.398 e. The number of ketones is 1. The average molecular weight is 291 g/mol. The number of anilines is 1. The number of hydrogen-bond donors (Lipinski definition) is 2. The lowest BCUT2D eigenvalue weighted by Gasteiger charge is -2.21. The average Bonchev–Trinajstić information content (AvgIpc) is 2.41. The first-order valence-corrected chi connectivity index (χ1v) is 6.31. The van der Waals surface area contributed by atoms with Gasteiger partial charge in [0.05, 0.1) is 12.0 Å². The van der Waals surface area contributed by atoms with Crippen molar-refractivity contribution in [3.05, 3.63) is 41.9 Å². The lowest BCUT2D eigenvalue weighted by Crippen LogP contribution is -2.38. The molecule has 1 aliphatic rings. The number of benzene rings is 1. The van der Waals surface area contributed by atoms with Gasteiger partial charge in [-0.25, -0.2) is 4.39 Å². The molecular weight excluding hydrogens is 277 g/mol. The van der Waals surface area contributed by atoms with Crippen molar-refractivity contribution in [2.75, 3.05) is 18.8 Å². The molecule has 0 radical (unpaired) electrons. The molecule has 6 nitrogen and oxygen atoms in total. The van der Waals surface area contributed by atoms with E-state index in [1.807, 2.05) is 0 Å². The predicted molar refractivity (Wildman–Crippen MR) is 73.6 cm³/mol. The van der Waals surface area contributed by atoms with E-state index in [9.17, 15) is 18.8 Å². The number of hydrogen-bond acceptors (Lipinski definition) is 4. The van der Waals surface area contributed by atoms with Crippen LogP contribution in [0.2, 0.25) is 0 Å². The zero-order valence-electron chi connectivity index (χ0n) is 11.1. The Labute approximate surface area is 120 Å². The monoisotopic (exact) mass is 291 g/mol. The second-order valence-corrected chi connectivity index (χ2v) is 4.51. The maximum absolute atomic E-state index is 13.5. The van der Waals surface area contributed by atoms with Gasteiger partial charge in [-0.3, -0.25) is 14.4 Å². The fraction of sp³-hybridized carbons (Fsp3) is 0.214. The van der Waals surface area contributed by atoms with E-state index in [-0.39, 0.29) is 42.5 Å². The van der Waals surface area contributed by atoms with Crippen molar-refractivity contribution in [2.24, 2.45) is 0 Å². The van der Waals surface area contributed by atoms with Gasteiger partial charge in [0, 0.05) is 25.0 Å². The lowest BCUT2D eigenvalue weighted by molar-refractivity contribution is -0.133. The second kappa shape index (κ2) is 6.17. The predicted octanol–water partition coefficient (Wildman–Crippen LogP) is 0.453. The minimum absolute atomic E-state index is 0.0482. The van der Waals surface area contributed by atoms with E-state index in [1.165, 1.54) is 29.3 Å². The molecule has 0 fully saturated rings. The summed E-state index contributed by atoms with van der Waals surface area (Å²) in [4.78, 5) is 35.7. The molecule has 1 aromatic rings. The zero-order chi connectivity index (χ0) is 15.4. The van der Waals surface area contributed by atoms with E-state index in [0.29, 0.717) is 0 Å². The number of amides is 2. The highest BCUT2D eigenvalue weighted by atomic mass is 19.1. The van der Waals surface area contributed by atoms with Crippen LogP contribution in [0.5, 0.6) is 0 Å². The first kappa shape index (κ1) is 14.7. The van der Waals surface area contributed by atoms with Gasteiger partial charge in [0.2, 0.25) is 5.91 Å². The summed E-state index contributed by atoms with van der Waals surface area (Å²) < 4.78 is 13.5. The molecule has 0 unspecified atom stereocenters. The van der Waals surface area contributed by atoms with Crippen LogP contribution in [-0.2, 0) is 9.59 Å². The fourth-order valence-corrected chi connectivity index (χ4v) is 1.92. The molecule has 0 aliphatic carbocycles. The maximum atomic E-state index is 13.5. The first-order chi connectivity index (χ1) is 9.99. The molecule has 0 bridgehead atoms. The fourth-order valence-electron chi connectivity index (χ4n) is 1.92. The van der Waals surface area contributed by atoms with E-state index in [2.05, 4.69) is 5.32 Å². The molecule has 1 aliphatic heterocycles. The van der Waals surface area contributed by atoms with Crippen molar-refractivity contribution in [1.82, 2.24) is 10.2 Å². The Morgan fingerprint density at radius 1 is 1.38 bits per heavy atom. The molecule has 110 valence electrons. The topological polar surface area (TPSA) is 92.5 Å². The van der Waals surface area contributed by atoms with Gasteiger partial charge >= 0.3 is 0 Å². The summed E-state index contributed by atoms with van der Waals surface area (Å²) in [5.41, 5.74) is 5.39. The maximum Gasteiger partial charge on any atom is 0.256 e. The molecule has 2 rings (SSSR count). The molecule has 0 saturated heterocycles. The van der Waals surface area contributed by atoms with E-state index in [4.69, 9.17) is 5.73 Å². The van der Waals surface area contributed by atoms with E-state index < -0.39 is 11.7 Å². The number of halogens is 1. The van der Waals surface area contributed by atoms with Gasteiger partial charge in [0.1, 0.15) is 5.82 Å². The summed E-state index contributed by atoms with van der Waals surface area (Å²) in [6.45, 7) is 0.319. The summed E-state index contributed by atoms with van der Waals surface area (Å²) in [6.07, 6.45) is 2.50. The number of carbonyl (C=O) groups is 3. The Kier molecular flexibility index (Phi) is 4.32. The number of nitrogen functional groups attached to an aromatic ring is 1. The molecule has 0 aromatic heterocycles. The van der Waals surface area contributed by atoms with Gasteiger partial charge in [-0.2, -0.15) is 0 Å². The lowest BCUT2D eigenvalue weighted by atomic mass is 10.1. The molecule has 0 saturated carbocycles. The number of rotatable bonds is 4. The Balaban J connectivity index is 1.92. The standard InChI is InChI=1S/C14H14FN3O3/c15-10-2-1-3-11(16)13(10)14(21)17-5-7-18-6-4-9(19)8-12(18)20/h1-4,6H,5,7-8,16H2,(H,17,21). The Hall–Kier alpha value is -2.70. The minimum Gasteiger partial charge on any atom is -0.398 e. The van der Waals surface area contributed by atoms with Crippen LogP contribution in [-0.4, -0.2) is 35.6 Å². The highest BCUT2D eigenvalue weighted by Crippen LogP contribution is 2.15. The van der Waals surface area contributed by atoms with Gasteiger partial charge in [-0.15, -0.1) is 0 Å². The molecule has 2 amide bonds. The summed E-state index contributed by atoms with van der Waals surface area (Å²) in [5.74, 6) is -1.93. The van der Waals surface area contributed by atoms with Crippen LogP contribution in [0, 0.1) is 5.82 Å². The zero-order valence-corrected chi connectivity index (χ0v) is 11.1. The normalized spacial score (nSPS) is 14.4. The van der Waals surface area contributed by atoms with Gasteiger partial charge in [-0.1, -0.05) is 6.07 Å². The number of allylic oxidation sites excluding steroid dienone is 1. The molecule has 7 heteroatoms. The van der Waals surface area contributed by atoms with Crippen molar-refractivity contribution >= 4 is 23.3 Å². The van der Waals surface area contributed by atoms with Gasteiger partial charge < -0.3 is 16.0 Å². The van der Waals surface area contributed by atoms with E-state index in [0.717, 1.165) is 6.07 Å². The molecule has 3 N–H and O–H groups in total. The van der Waals surface area contributed by atoms with Crippen LogP contribution in [0.25, 0.3) is 0 Å². The van der Waals surface area contributed by atoms with E-state index >= 15 is 0 Å². The Bertz CT molecular complexity index is 608. The highest BCUT2D eigenvalue weighted by Gasteiger charge is 2.19. The van der Waals surface area contributed by atoms with Crippen molar-refractivity contribution < 1.29 is 18.8 Å². The Morgan fingerprint density at radius 3 is 2.81 bits per heavy atom. The first-order valence-electron chi connectivity index (χ1n) is 6.31. The molecule has 1 aromatic carbocycles. The van der Waals surface area contributed by atoms with Crippen LogP contribution in [0.4, 0.5) is 10.1 Å². The third kappa shape index (κ3) is 3.44. The number of carbonyl (C=O) groups excluding carboxylic acids is 3. The number of nitrogens with two attached hydrogens (primary N) is 1. The van der Waals surface area contributed by atoms with Crippen molar-refractivity contribution in [3.63, 3.8) is 0 Å². The molecule has 0 spiro atoms. The van der Waals surface area contributed by atoms with Gasteiger partial charge in [0.25, 0.3) is 5.91 Å². The third-order valence-electron chi connectivity index (χ3n) is 3.00. The molecular formula is C14H14FN3O3. The summed E-state index contributed by atoms with van der Waals surface area (Å²) >= 11 is 0. The Morgan fingerprint density at radius 2 is 2.14 bits per heavy atom.